The van der Waals surface area contributed by atoms with Gasteiger partial charge in [0, 0.05) is 55.7 Å². The Kier molecular flexibility index (Phi) is 7.92. The van der Waals surface area contributed by atoms with Crippen LogP contribution >= 0.6 is 0 Å². The van der Waals surface area contributed by atoms with E-state index in [1.165, 1.54) is 0 Å². The standard InChI is InChI=1S/C27H31F2N5O/c1-19-2-3-22(14-21(19)8-9-31-18-35)25-15-23(16-32-27(25)30)20-4-6-24(7-5-20)34-12-10-33(11-13-34)17-26(28)29/h2-7,14-16,18,26H,8-13,17H2,1H3,(H2,30,32)(H,31,35). The van der Waals surface area contributed by atoms with Crippen molar-refractivity contribution in [2.24, 2.45) is 0 Å². The number of nitrogens with one attached hydrogen (secondary N) is 1. The van der Waals surface area contributed by atoms with Crippen molar-refractivity contribution in [2.45, 2.75) is 19.8 Å². The van der Waals surface area contributed by atoms with Crippen LogP contribution in [0.1, 0.15) is 11.1 Å². The average molecular weight is 480 g/mol. The Morgan fingerprint density at radius 2 is 1.74 bits per heavy atom. The minimum atomic E-state index is -2.29. The second-order valence-electron chi connectivity index (χ2n) is 8.85. The lowest BCUT2D eigenvalue weighted by Crippen LogP contribution is -2.47. The fraction of sp³-hybridized carbons (Fsp3) is 0.333. The van der Waals surface area contributed by atoms with E-state index in [1.807, 2.05) is 11.0 Å². The molecule has 0 atom stereocenters. The summed E-state index contributed by atoms with van der Waals surface area (Å²) < 4.78 is 25.2. The van der Waals surface area contributed by atoms with Crippen LogP contribution in [0.4, 0.5) is 20.3 Å². The molecule has 3 aromatic rings. The normalized spacial score (nSPS) is 14.3. The fourth-order valence-corrected chi connectivity index (χ4v) is 4.49. The summed E-state index contributed by atoms with van der Waals surface area (Å²) in [5.41, 5.74) is 13.5. The zero-order valence-electron chi connectivity index (χ0n) is 19.9. The van der Waals surface area contributed by atoms with Crippen LogP contribution in [0.3, 0.4) is 0 Å². The van der Waals surface area contributed by atoms with E-state index in [0.717, 1.165) is 58.6 Å². The van der Waals surface area contributed by atoms with Crippen LogP contribution in [0.15, 0.2) is 54.7 Å². The Morgan fingerprint density at radius 1 is 1.03 bits per heavy atom. The summed E-state index contributed by atoms with van der Waals surface area (Å²) in [4.78, 5) is 19.1. The highest BCUT2D eigenvalue weighted by molar-refractivity contribution is 5.80. The van der Waals surface area contributed by atoms with E-state index >= 15 is 0 Å². The summed E-state index contributed by atoms with van der Waals surface area (Å²) in [6, 6.07) is 16.5. The lowest BCUT2D eigenvalue weighted by atomic mass is 9.96. The van der Waals surface area contributed by atoms with Crippen molar-refractivity contribution in [2.75, 3.05) is 49.9 Å². The molecule has 0 bridgehead atoms. The molecule has 2 aromatic carbocycles. The van der Waals surface area contributed by atoms with E-state index in [9.17, 15) is 13.6 Å². The van der Waals surface area contributed by atoms with Gasteiger partial charge in [-0.2, -0.15) is 0 Å². The molecular weight excluding hydrogens is 448 g/mol. The van der Waals surface area contributed by atoms with Crippen LogP contribution in [0.2, 0.25) is 0 Å². The van der Waals surface area contributed by atoms with Gasteiger partial charge in [0.25, 0.3) is 6.43 Å². The highest BCUT2D eigenvalue weighted by atomic mass is 19.3. The lowest BCUT2D eigenvalue weighted by molar-refractivity contribution is -0.109. The smallest absolute Gasteiger partial charge is 0.251 e. The largest absolute Gasteiger partial charge is 0.383 e. The highest BCUT2D eigenvalue weighted by Crippen LogP contribution is 2.32. The number of carbonyl (C=O) groups is 1. The first-order valence-corrected chi connectivity index (χ1v) is 11.8. The SMILES string of the molecule is Cc1ccc(-c2cc(-c3ccc(N4CCN(CC(F)F)CC4)cc3)cnc2N)cc1CCNC=O. The molecule has 1 fully saturated rings. The van der Waals surface area contributed by atoms with Crippen molar-refractivity contribution in [3.05, 3.63) is 65.9 Å². The molecule has 35 heavy (non-hydrogen) atoms. The van der Waals surface area contributed by atoms with Crippen molar-refractivity contribution < 1.29 is 13.6 Å². The van der Waals surface area contributed by atoms with Crippen molar-refractivity contribution in [1.29, 1.82) is 0 Å². The first kappa shape index (κ1) is 24.6. The zero-order chi connectivity index (χ0) is 24.8. The van der Waals surface area contributed by atoms with Gasteiger partial charge in [0.2, 0.25) is 6.41 Å². The van der Waals surface area contributed by atoms with Crippen LogP contribution < -0.4 is 16.0 Å². The van der Waals surface area contributed by atoms with Gasteiger partial charge in [-0.3, -0.25) is 9.69 Å². The number of carbonyl (C=O) groups excluding carboxylic acids is 1. The van der Waals surface area contributed by atoms with Crippen LogP contribution in [0.25, 0.3) is 22.3 Å². The maximum atomic E-state index is 12.6. The molecule has 184 valence electrons. The van der Waals surface area contributed by atoms with E-state index in [2.05, 4.69) is 64.6 Å². The topological polar surface area (TPSA) is 74.5 Å². The number of rotatable bonds is 9. The van der Waals surface area contributed by atoms with Crippen molar-refractivity contribution in [3.63, 3.8) is 0 Å². The molecule has 1 amide bonds. The number of nitrogen functional groups attached to an aromatic ring is 1. The van der Waals surface area contributed by atoms with Gasteiger partial charge in [-0.05, 0) is 53.8 Å². The summed E-state index contributed by atoms with van der Waals surface area (Å²) in [6.07, 6.45) is 0.942. The minimum absolute atomic E-state index is 0.155. The van der Waals surface area contributed by atoms with Gasteiger partial charge in [-0.25, -0.2) is 13.8 Å². The maximum absolute atomic E-state index is 12.6. The monoisotopic (exact) mass is 479 g/mol. The average Bonchev–Trinajstić information content (AvgIpc) is 2.86. The van der Waals surface area contributed by atoms with E-state index in [-0.39, 0.29) is 6.54 Å². The molecule has 0 spiro atoms. The molecule has 0 aliphatic carbocycles. The second kappa shape index (κ2) is 11.3. The molecular formula is C27H31F2N5O. The first-order chi connectivity index (χ1) is 16.9. The van der Waals surface area contributed by atoms with Crippen molar-refractivity contribution in [1.82, 2.24) is 15.2 Å². The molecule has 1 aliphatic heterocycles. The molecule has 0 saturated carbocycles. The van der Waals surface area contributed by atoms with E-state index < -0.39 is 6.43 Å². The number of alkyl halides is 2. The van der Waals surface area contributed by atoms with Crippen LogP contribution in [-0.2, 0) is 11.2 Å². The number of piperazine rings is 1. The Morgan fingerprint density at radius 3 is 2.43 bits per heavy atom. The first-order valence-electron chi connectivity index (χ1n) is 11.8. The Bertz CT molecular complexity index is 1140. The van der Waals surface area contributed by atoms with Crippen LogP contribution in [0, 0.1) is 6.92 Å². The van der Waals surface area contributed by atoms with Crippen molar-refractivity contribution >= 4 is 17.9 Å². The molecule has 8 heteroatoms. The fourth-order valence-electron chi connectivity index (χ4n) is 4.49. The molecule has 1 saturated heterocycles. The van der Waals surface area contributed by atoms with Crippen LogP contribution in [0.5, 0.6) is 0 Å². The number of aromatic nitrogens is 1. The number of amides is 1. The number of hydrogen-bond acceptors (Lipinski definition) is 5. The van der Waals surface area contributed by atoms with Gasteiger partial charge in [0.05, 0.1) is 6.54 Å². The van der Waals surface area contributed by atoms with Gasteiger partial charge in [0.15, 0.2) is 0 Å². The quantitative estimate of drug-likeness (QED) is 0.359. The van der Waals surface area contributed by atoms with E-state index in [1.54, 1.807) is 6.20 Å². The van der Waals surface area contributed by atoms with E-state index in [4.69, 9.17) is 5.73 Å². The number of nitrogens with zero attached hydrogens (tertiary/aromatic N) is 3. The maximum Gasteiger partial charge on any atom is 0.251 e. The summed E-state index contributed by atoms with van der Waals surface area (Å²) >= 11 is 0. The summed E-state index contributed by atoms with van der Waals surface area (Å²) in [5, 5.41) is 2.71. The van der Waals surface area contributed by atoms with E-state index in [0.29, 0.717) is 31.9 Å². The number of halogens is 2. The van der Waals surface area contributed by atoms with Crippen molar-refractivity contribution in [3.8, 4) is 22.3 Å². The molecule has 0 radical (unpaired) electrons. The Labute approximate surface area is 204 Å². The number of aryl methyl sites for hydroxylation is 1. The Balaban J connectivity index is 1.50. The van der Waals surface area contributed by atoms with Crippen LogP contribution in [-0.4, -0.2) is 62.0 Å². The minimum Gasteiger partial charge on any atom is -0.383 e. The van der Waals surface area contributed by atoms with Gasteiger partial charge in [-0.15, -0.1) is 0 Å². The zero-order valence-corrected chi connectivity index (χ0v) is 19.9. The number of anilines is 2. The molecule has 2 heterocycles. The predicted molar refractivity (Wildman–Crippen MR) is 137 cm³/mol. The molecule has 1 aliphatic rings. The number of benzene rings is 2. The van der Waals surface area contributed by atoms with Gasteiger partial charge < -0.3 is 16.0 Å². The third kappa shape index (κ3) is 6.14. The molecule has 0 unspecified atom stereocenters. The molecule has 4 rings (SSSR count). The third-order valence-corrected chi connectivity index (χ3v) is 6.53. The summed E-state index contributed by atoms with van der Waals surface area (Å²) in [7, 11) is 0. The number of pyridine rings is 1. The Hall–Kier alpha value is -3.52. The molecule has 1 aromatic heterocycles. The molecule has 3 N–H and O–H groups in total. The predicted octanol–water partition coefficient (Wildman–Crippen LogP) is 3.98. The third-order valence-electron chi connectivity index (χ3n) is 6.53. The summed E-state index contributed by atoms with van der Waals surface area (Å²) in [5.74, 6) is 0.466. The molecule has 6 nitrogen and oxygen atoms in total. The highest BCUT2D eigenvalue weighted by Gasteiger charge is 2.20. The summed E-state index contributed by atoms with van der Waals surface area (Å²) in [6.45, 7) is 5.22. The lowest BCUT2D eigenvalue weighted by Gasteiger charge is -2.36. The number of hydrogen-bond donors (Lipinski definition) is 2. The van der Waals surface area contributed by atoms with Gasteiger partial charge >= 0.3 is 0 Å². The number of nitrogens with two attached hydrogens (primary N) is 1. The van der Waals surface area contributed by atoms with Gasteiger partial charge in [0.1, 0.15) is 5.82 Å². The van der Waals surface area contributed by atoms with Gasteiger partial charge in [-0.1, -0.05) is 30.3 Å². The second-order valence-corrected chi connectivity index (χ2v) is 8.85.